The van der Waals surface area contributed by atoms with Crippen molar-refractivity contribution in [1.82, 2.24) is 29.7 Å². The second-order valence-electron chi connectivity index (χ2n) is 6.66. The fourth-order valence-electron chi connectivity index (χ4n) is 3.02. The van der Waals surface area contributed by atoms with Crippen LogP contribution in [0.25, 0.3) is 0 Å². The number of hydrogen-bond acceptors (Lipinski definition) is 8. The van der Waals surface area contributed by atoms with Crippen molar-refractivity contribution in [2.75, 3.05) is 33.4 Å². The van der Waals surface area contributed by atoms with Crippen molar-refractivity contribution in [2.45, 2.75) is 37.9 Å². The van der Waals surface area contributed by atoms with E-state index in [1.807, 2.05) is 36.0 Å². The summed E-state index contributed by atoms with van der Waals surface area (Å²) in [5, 5.41) is 18.9. The normalized spacial score (nSPS) is 16.8. The molecule has 8 nitrogen and oxygen atoms in total. The molecular formula is C16H26N6O2S. The number of likely N-dealkylation sites (N-methyl/N-ethyl adjacent to an activating group) is 1. The molecule has 0 spiro atoms. The van der Waals surface area contributed by atoms with E-state index in [1.54, 1.807) is 11.8 Å². The summed E-state index contributed by atoms with van der Waals surface area (Å²) in [6.07, 6.45) is 2.46. The average Bonchev–Trinajstić information content (AvgIpc) is 3.10. The van der Waals surface area contributed by atoms with E-state index >= 15 is 0 Å². The summed E-state index contributed by atoms with van der Waals surface area (Å²) < 4.78 is 7.37. The van der Waals surface area contributed by atoms with Gasteiger partial charge in [-0.15, -0.1) is 0 Å². The lowest BCUT2D eigenvalue weighted by Crippen LogP contribution is -2.23. The monoisotopic (exact) mass is 366 g/mol. The zero-order chi connectivity index (χ0) is 17.8. The smallest absolute Gasteiger partial charge is 0.240 e. The topological polar surface area (TPSA) is 83.5 Å². The molecule has 0 bridgehead atoms. The standard InChI is InChI=1S/C16H26N6O2S/c1-20(2)9-14(23)13-7-12-8-21(5-4-6-22(12)18-13)10-16-17-15(11-25-3)19-24-16/h7,14,23H,4-6,8-11H2,1-3H3. The van der Waals surface area contributed by atoms with Gasteiger partial charge in [0.05, 0.1) is 23.7 Å². The van der Waals surface area contributed by atoms with Gasteiger partial charge in [0.15, 0.2) is 5.82 Å². The van der Waals surface area contributed by atoms with Crippen molar-refractivity contribution in [1.29, 1.82) is 0 Å². The van der Waals surface area contributed by atoms with E-state index in [0.717, 1.165) is 49.0 Å². The van der Waals surface area contributed by atoms with Crippen molar-refractivity contribution in [3.63, 3.8) is 0 Å². The van der Waals surface area contributed by atoms with Gasteiger partial charge in [0.25, 0.3) is 0 Å². The Kier molecular flexibility index (Phi) is 6.10. The Morgan fingerprint density at radius 2 is 2.24 bits per heavy atom. The molecule has 3 heterocycles. The van der Waals surface area contributed by atoms with E-state index in [0.29, 0.717) is 19.0 Å². The van der Waals surface area contributed by atoms with Crippen LogP contribution in [0.2, 0.25) is 0 Å². The average molecular weight is 366 g/mol. The van der Waals surface area contributed by atoms with Crippen LogP contribution in [0.1, 0.15) is 35.6 Å². The molecular weight excluding hydrogens is 340 g/mol. The van der Waals surface area contributed by atoms with Crippen LogP contribution in [-0.4, -0.2) is 68.3 Å². The fraction of sp³-hybridized carbons (Fsp3) is 0.688. The van der Waals surface area contributed by atoms with Gasteiger partial charge in [-0.25, -0.2) is 0 Å². The lowest BCUT2D eigenvalue weighted by molar-refractivity contribution is 0.133. The Balaban J connectivity index is 1.66. The van der Waals surface area contributed by atoms with Gasteiger partial charge in [-0.05, 0) is 32.8 Å². The van der Waals surface area contributed by atoms with Crippen LogP contribution in [0.5, 0.6) is 0 Å². The molecule has 9 heteroatoms. The lowest BCUT2D eigenvalue weighted by atomic mass is 10.2. The molecule has 1 atom stereocenters. The number of aromatic nitrogens is 4. The summed E-state index contributed by atoms with van der Waals surface area (Å²) in [6, 6.07) is 2.01. The molecule has 3 rings (SSSR count). The quantitative estimate of drug-likeness (QED) is 0.781. The highest BCUT2D eigenvalue weighted by Crippen LogP contribution is 2.20. The van der Waals surface area contributed by atoms with Crippen LogP contribution in [0.3, 0.4) is 0 Å². The van der Waals surface area contributed by atoms with Gasteiger partial charge in [0.1, 0.15) is 6.10 Å². The number of hydrogen-bond donors (Lipinski definition) is 1. The van der Waals surface area contributed by atoms with E-state index in [-0.39, 0.29) is 0 Å². The predicted molar refractivity (Wildman–Crippen MR) is 96.0 cm³/mol. The number of aliphatic hydroxyl groups is 1. The molecule has 0 fully saturated rings. The third-order valence-electron chi connectivity index (χ3n) is 4.13. The first-order chi connectivity index (χ1) is 12.0. The van der Waals surface area contributed by atoms with Crippen molar-refractivity contribution < 1.29 is 9.63 Å². The van der Waals surface area contributed by atoms with Gasteiger partial charge in [0.2, 0.25) is 5.89 Å². The largest absolute Gasteiger partial charge is 0.385 e. The number of rotatable bonds is 7. The zero-order valence-corrected chi connectivity index (χ0v) is 15.9. The molecule has 0 saturated carbocycles. The predicted octanol–water partition coefficient (Wildman–Crippen LogP) is 1.13. The molecule has 1 unspecified atom stereocenters. The van der Waals surface area contributed by atoms with Gasteiger partial charge in [0, 0.05) is 26.2 Å². The summed E-state index contributed by atoms with van der Waals surface area (Å²) in [7, 11) is 3.89. The fourth-order valence-corrected chi connectivity index (χ4v) is 3.40. The van der Waals surface area contributed by atoms with Gasteiger partial charge in [-0.2, -0.15) is 21.8 Å². The molecule has 0 aromatic carbocycles. The Bertz CT molecular complexity index is 686. The molecule has 0 aliphatic carbocycles. The van der Waals surface area contributed by atoms with Crippen molar-refractivity contribution in [3.8, 4) is 0 Å². The van der Waals surface area contributed by atoms with E-state index in [1.165, 1.54) is 0 Å². The Hall–Kier alpha value is -1.42. The van der Waals surface area contributed by atoms with Crippen LogP contribution >= 0.6 is 11.8 Å². The number of nitrogens with zero attached hydrogens (tertiary/aromatic N) is 6. The first-order valence-electron chi connectivity index (χ1n) is 8.47. The SMILES string of the molecule is CSCc1noc(CN2CCCn3nc(C(O)CN(C)C)cc3C2)n1. The maximum Gasteiger partial charge on any atom is 0.240 e. The third kappa shape index (κ3) is 4.81. The third-order valence-corrected chi connectivity index (χ3v) is 4.68. The molecule has 1 aliphatic rings. The Labute approximate surface area is 152 Å². The van der Waals surface area contributed by atoms with Crippen LogP contribution in [0, 0.1) is 0 Å². The number of aryl methyl sites for hydroxylation is 1. The molecule has 25 heavy (non-hydrogen) atoms. The minimum Gasteiger partial charge on any atom is -0.385 e. The number of thioether (sulfide) groups is 1. The van der Waals surface area contributed by atoms with Crippen LogP contribution < -0.4 is 0 Å². The number of aliphatic hydroxyl groups excluding tert-OH is 1. The van der Waals surface area contributed by atoms with Crippen molar-refractivity contribution in [3.05, 3.63) is 29.2 Å². The molecule has 2 aromatic heterocycles. The highest BCUT2D eigenvalue weighted by molar-refractivity contribution is 7.97. The Morgan fingerprint density at radius 1 is 1.40 bits per heavy atom. The summed E-state index contributed by atoms with van der Waals surface area (Å²) >= 11 is 1.68. The first kappa shape index (κ1) is 18.4. The van der Waals surface area contributed by atoms with Crippen LogP contribution in [-0.2, 0) is 25.4 Å². The van der Waals surface area contributed by atoms with E-state index in [2.05, 4.69) is 20.1 Å². The van der Waals surface area contributed by atoms with E-state index in [4.69, 9.17) is 4.52 Å². The molecule has 2 aromatic rings. The van der Waals surface area contributed by atoms with E-state index < -0.39 is 6.10 Å². The maximum absolute atomic E-state index is 10.3. The summed E-state index contributed by atoms with van der Waals surface area (Å²) in [6.45, 7) is 3.80. The Morgan fingerprint density at radius 3 is 3.00 bits per heavy atom. The van der Waals surface area contributed by atoms with Crippen LogP contribution in [0.15, 0.2) is 10.6 Å². The van der Waals surface area contributed by atoms with Crippen molar-refractivity contribution in [2.24, 2.45) is 0 Å². The lowest BCUT2D eigenvalue weighted by Gasteiger charge is -2.16. The number of fused-ring (bicyclic) bond motifs is 1. The summed E-state index contributed by atoms with van der Waals surface area (Å²) in [4.78, 5) is 8.69. The molecule has 138 valence electrons. The highest BCUT2D eigenvalue weighted by Gasteiger charge is 2.21. The first-order valence-corrected chi connectivity index (χ1v) is 9.86. The zero-order valence-electron chi connectivity index (χ0n) is 15.1. The second kappa shape index (κ2) is 8.31. The molecule has 0 radical (unpaired) electrons. The van der Waals surface area contributed by atoms with Gasteiger partial charge in [-0.1, -0.05) is 5.16 Å². The van der Waals surface area contributed by atoms with Crippen molar-refractivity contribution >= 4 is 11.8 Å². The minimum absolute atomic E-state index is 0.562. The minimum atomic E-state index is -0.562. The molecule has 1 aliphatic heterocycles. The maximum atomic E-state index is 10.3. The summed E-state index contributed by atoms with van der Waals surface area (Å²) in [5.41, 5.74) is 1.86. The van der Waals surface area contributed by atoms with Gasteiger partial charge >= 0.3 is 0 Å². The molecule has 0 amide bonds. The van der Waals surface area contributed by atoms with Gasteiger partial charge < -0.3 is 14.5 Å². The second-order valence-corrected chi connectivity index (χ2v) is 7.53. The van der Waals surface area contributed by atoms with Gasteiger partial charge in [-0.3, -0.25) is 9.58 Å². The van der Waals surface area contributed by atoms with E-state index in [9.17, 15) is 5.11 Å². The van der Waals surface area contributed by atoms with Crippen LogP contribution in [0.4, 0.5) is 0 Å². The molecule has 0 saturated heterocycles. The molecule has 1 N–H and O–H groups in total. The summed E-state index contributed by atoms with van der Waals surface area (Å²) in [5.74, 6) is 2.17. The highest BCUT2D eigenvalue weighted by atomic mass is 32.2.